The Hall–Kier alpha value is -1.07. The molecule has 2 amide bonds. The summed E-state index contributed by atoms with van der Waals surface area (Å²) in [6.45, 7) is 4.42. The van der Waals surface area contributed by atoms with Crippen LogP contribution in [0.25, 0.3) is 0 Å². The van der Waals surface area contributed by atoms with Gasteiger partial charge in [-0.1, -0.05) is 25.4 Å². The van der Waals surface area contributed by atoms with Gasteiger partial charge in [-0.05, 0) is 25.0 Å². The van der Waals surface area contributed by atoms with Crippen LogP contribution in [0.4, 0.5) is 0 Å². The van der Waals surface area contributed by atoms with Gasteiger partial charge >= 0.3 is 0 Å². The van der Waals surface area contributed by atoms with Crippen molar-refractivity contribution in [2.24, 2.45) is 0 Å². The Kier molecular flexibility index (Phi) is 4.16. The molecule has 1 N–H and O–H groups in total. The van der Waals surface area contributed by atoms with Crippen LogP contribution >= 0.6 is 22.9 Å². The van der Waals surface area contributed by atoms with E-state index in [-0.39, 0.29) is 18.4 Å². The first kappa shape index (κ1) is 14.3. The lowest BCUT2D eigenvalue weighted by Crippen LogP contribution is -2.65. The second kappa shape index (κ2) is 5.51. The van der Waals surface area contributed by atoms with Gasteiger partial charge in [0.25, 0.3) is 0 Å². The van der Waals surface area contributed by atoms with Gasteiger partial charge in [-0.3, -0.25) is 9.59 Å². The largest absolute Gasteiger partial charge is 0.340 e. The molecule has 2 heterocycles. The van der Waals surface area contributed by atoms with Crippen LogP contribution in [0.3, 0.4) is 0 Å². The molecule has 1 aromatic rings. The van der Waals surface area contributed by atoms with E-state index in [1.165, 1.54) is 11.3 Å². The van der Waals surface area contributed by atoms with Crippen molar-refractivity contribution in [3.8, 4) is 0 Å². The molecular formula is C13H17ClN2O2S. The number of nitrogens with zero attached hydrogens (tertiary/aromatic N) is 1. The summed E-state index contributed by atoms with van der Waals surface area (Å²) in [5.41, 5.74) is -0.740. The smallest absolute Gasteiger partial charge is 0.249 e. The van der Waals surface area contributed by atoms with Gasteiger partial charge in [0.05, 0.1) is 10.9 Å². The predicted octanol–water partition coefficient (Wildman–Crippen LogP) is 2.42. The molecule has 0 aliphatic carbocycles. The number of rotatable bonds is 4. The van der Waals surface area contributed by atoms with Crippen LogP contribution < -0.4 is 5.32 Å². The standard InChI is InChI=1S/C13H17ClN2O2S/c1-3-13(4-2)12(18)16(8-11(17)15-13)7-9-5-6-10(14)19-9/h5-6H,3-4,7-8H2,1-2H3,(H,15,17). The first-order valence-electron chi connectivity index (χ1n) is 6.35. The highest BCUT2D eigenvalue weighted by atomic mass is 35.5. The fraction of sp³-hybridized carbons (Fsp3) is 0.538. The molecule has 0 saturated carbocycles. The summed E-state index contributed by atoms with van der Waals surface area (Å²) in [4.78, 5) is 27.0. The Balaban J connectivity index is 2.20. The van der Waals surface area contributed by atoms with E-state index in [0.717, 1.165) is 4.88 Å². The van der Waals surface area contributed by atoms with E-state index in [2.05, 4.69) is 5.32 Å². The summed E-state index contributed by atoms with van der Waals surface area (Å²) in [5.74, 6) is -0.0902. The SMILES string of the molecule is CCC1(CC)NC(=O)CN(Cc2ccc(Cl)s2)C1=O. The maximum atomic E-state index is 12.5. The number of halogens is 1. The molecule has 104 valence electrons. The van der Waals surface area contributed by atoms with Crippen molar-refractivity contribution in [2.75, 3.05) is 6.54 Å². The Labute approximate surface area is 121 Å². The number of carbonyl (C=O) groups excluding carboxylic acids is 2. The Morgan fingerprint density at radius 1 is 1.37 bits per heavy atom. The van der Waals surface area contributed by atoms with Crippen molar-refractivity contribution < 1.29 is 9.59 Å². The van der Waals surface area contributed by atoms with Gasteiger partial charge < -0.3 is 10.2 Å². The number of hydrogen-bond donors (Lipinski definition) is 1. The molecule has 6 heteroatoms. The third-order valence-corrected chi connectivity index (χ3v) is 4.81. The number of piperazine rings is 1. The highest BCUT2D eigenvalue weighted by Crippen LogP contribution is 2.27. The molecule has 0 spiro atoms. The van der Waals surface area contributed by atoms with E-state index >= 15 is 0 Å². The van der Waals surface area contributed by atoms with Crippen molar-refractivity contribution in [1.82, 2.24) is 10.2 Å². The topological polar surface area (TPSA) is 49.4 Å². The monoisotopic (exact) mass is 300 g/mol. The van der Waals surface area contributed by atoms with E-state index in [9.17, 15) is 9.59 Å². The van der Waals surface area contributed by atoms with Crippen molar-refractivity contribution in [3.63, 3.8) is 0 Å². The lowest BCUT2D eigenvalue weighted by Gasteiger charge is -2.41. The molecule has 1 aliphatic rings. The molecule has 19 heavy (non-hydrogen) atoms. The average molecular weight is 301 g/mol. The molecule has 2 rings (SSSR count). The molecule has 0 bridgehead atoms. The van der Waals surface area contributed by atoms with Crippen LogP contribution in [0.15, 0.2) is 12.1 Å². The number of thiophene rings is 1. The van der Waals surface area contributed by atoms with E-state index in [0.29, 0.717) is 23.7 Å². The van der Waals surface area contributed by atoms with Gasteiger partial charge in [0, 0.05) is 4.88 Å². The molecular weight excluding hydrogens is 284 g/mol. The molecule has 1 aromatic heterocycles. The van der Waals surface area contributed by atoms with Gasteiger partial charge in [-0.2, -0.15) is 0 Å². The van der Waals surface area contributed by atoms with Crippen LogP contribution in [0.1, 0.15) is 31.6 Å². The zero-order valence-corrected chi connectivity index (χ0v) is 12.6. The predicted molar refractivity (Wildman–Crippen MR) is 76.2 cm³/mol. The minimum Gasteiger partial charge on any atom is -0.340 e. The molecule has 0 unspecified atom stereocenters. The molecule has 1 aliphatic heterocycles. The second-order valence-corrected chi connectivity index (χ2v) is 6.50. The Morgan fingerprint density at radius 2 is 2.05 bits per heavy atom. The summed E-state index contributed by atoms with van der Waals surface area (Å²) >= 11 is 7.33. The van der Waals surface area contributed by atoms with E-state index in [1.54, 1.807) is 4.90 Å². The minimum atomic E-state index is -0.740. The molecule has 4 nitrogen and oxygen atoms in total. The van der Waals surface area contributed by atoms with Crippen molar-refractivity contribution >= 4 is 34.8 Å². The van der Waals surface area contributed by atoms with Crippen LogP contribution in [0.5, 0.6) is 0 Å². The molecule has 1 saturated heterocycles. The van der Waals surface area contributed by atoms with E-state index in [1.807, 2.05) is 26.0 Å². The Morgan fingerprint density at radius 3 is 2.58 bits per heavy atom. The Bertz CT molecular complexity index is 497. The van der Waals surface area contributed by atoms with E-state index < -0.39 is 5.54 Å². The fourth-order valence-corrected chi connectivity index (χ4v) is 3.49. The number of carbonyl (C=O) groups is 2. The van der Waals surface area contributed by atoms with Crippen LogP contribution in [-0.2, 0) is 16.1 Å². The van der Waals surface area contributed by atoms with Gasteiger partial charge in [0.15, 0.2) is 0 Å². The van der Waals surface area contributed by atoms with Crippen molar-refractivity contribution in [3.05, 3.63) is 21.3 Å². The molecule has 0 atom stereocenters. The third-order valence-electron chi connectivity index (χ3n) is 3.59. The molecule has 1 fully saturated rings. The van der Waals surface area contributed by atoms with Gasteiger partial charge in [0.2, 0.25) is 11.8 Å². The number of hydrogen-bond acceptors (Lipinski definition) is 3. The van der Waals surface area contributed by atoms with Gasteiger partial charge in [0.1, 0.15) is 12.1 Å². The zero-order chi connectivity index (χ0) is 14.0. The van der Waals surface area contributed by atoms with Crippen molar-refractivity contribution in [1.29, 1.82) is 0 Å². The van der Waals surface area contributed by atoms with Gasteiger partial charge in [-0.25, -0.2) is 0 Å². The lowest BCUT2D eigenvalue weighted by atomic mass is 9.89. The number of amides is 2. The van der Waals surface area contributed by atoms with Crippen LogP contribution in [-0.4, -0.2) is 28.8 Å². The highest BCUT2D eigenvalue weighted by molar-refractivity contribution is 7.16. The third kappa shape index (κ3) is 2.77. The maximum absolute atomic E-state index is 12.5. The average Bonchev–Trinajstić information content (AvgIpc) is 2.79. The summed E-state index contributed by atoms with van der Waals surface area (Å²) in [7, 11) is 0. The first-order chi connectivity index (χ1) is 9.00. The lowest BCUT2D eigenvalue weighted by molar-refractivity contribution is -0.150. The molecule has 0 aromatic carbocycles. The van der Waals surface area contributed by atoms with E-state index in [4.69, 9.17) is 11.6 Å². The zero-order valence-electron chi connectivity index (χ0n) is 11.0. The molecule has 0 radical (unpaired) electrons. The summed E-state index contributed by atoms with van der Waals surface area (Å²) in [5, 5.41) is 2.85. The summed E-state index contributed by atoms with van der Waals surface area (Å²) < 4.78 is 0.696. The van der Waals surface area contributed by atoms with Crippen molar-refractivity contribution in [2.45, 2.75) is 38.8 Å². The van der Waals surface area contributed by atoms with Gasteiger partial charge in [-0.15, -0.1) is 11.3 Å². The van der Waals surface area contributed by atoms with Crippen LogP contribution in [0, 0.1) is 0 Å². The second-order valence-electron chi connectivity index (χ2n) is 4.70. The first-order valence-corrected chi connectivity index (χ1v) is 7.55. The normalized spacial score (nSPS) is 18.6. The van der Waals surface area contributed by atoms with Crippen LogP contribution in [0.2, 0.25) is 4.34 Å². The fourth-order valence-electron chi connectivity index (χ4n) is 2.39. The highest BCUT2D eigenvalue weighted by Gasteiger charge is 2.43. The maximum Gasteiger partial charge on any atom is 0.249 e. The summed E-state index contributed by atoms with van der Waals surface area (Å²) in [6.07, 6.45) is 1.21. The minimum absolute atomic E-state index is 0.00150. The summed E-state index contributed by atoms with van der Waals surface area (Å²) in [6, 6.07) is 3.70. The number of nitrogens with one attached hydrogen (secondary N) is 1. The quantitative estimate of drug-likeness (QED) is 0.928.